The van der Waals surface area contributed by atoms with Gasteiger partial charge in [0.25, 0.3) is 0 Å². The Labute approximate surface area is 174 Å². The summed E-state index contributed by atoms with van der Waals surface area (Å²) in [6.07, 6.45) is 7.16. The number of rotatable bonds is 7. The van der Waals surface area contributed by atoms with Crippen LogP contribution in [0.4, 0.5) is 0 Å². The molecule has 154 valence electrons. The van der Waals surface area contributed by atoms with Crippen LogP contribution >= 0.6 is 25.3 Å². The van der Waals surface area contributed by atoms with E-state index in [0.29, 0.717) is 23.8 Å². The molecule has 0 aromatic heterocycles. The van der Waals surface area contributed by atoms with Crippen molar-refractivity contribution in [3.63, 3.8) is 0 Å². The van der Waals surface area contributed by atoms with Crippen LogP contribution < -0.4 is 11.5 Å². The van der Waals surface area contributed by atoms with Crippen molar-refractivity contribution in [3.05, 3.63) is 0 Å². The van der Waals surface area contributed by atoms with E-state index in [1.54, 1.807) is 0 Å². The standard InChI is InChI=1S/C20H35N3O2S2/c1-18-7-13-8-19(2,10-18)12-20(9-13,11-18)15(22)17(25)23(4-6-27)16(24)14(21)3-5-26/h13-15,26-27H,3-12,21-22H2,1-2H3. The SMILES string of the molecule is CC12CC3CC(C)(C1)CC(C(N)C(=O)N(CCS)C(=O)C(N)CCS)(C3)C2. The van der Waals surface area contributed by atoms with E-state index in [9.17, 15) is 9.59 Å². The minimum atomic E-state index is -0.718. The zero-order chi connectivity index (χ0) is 20.0. The highest BCUT2D eigenvalue weighted by atomic mass is 32.1. The van der Waals surface area contributed by atoms with Crippen molar-refractivity contribution in [2.24, 2.45) is 33.6 Å². The number of amides is 2. The average Bonchev–Trinajstić information content (AvgIpc) is 2.54. The molecule has 0 heterocycles. The van der Waals surface area contributed by atoms with E-state index in [1.165, 1.54) is 24.2 Å². The Morgan fingerprint density at radius 3 is 2.07 bits per heavy atom. The number of nitrogens with two attached hydrogens (primary N) is 2. The van der Waals surface area contributed by atoms with Gasteiger partial charge < -0.3 is 11.5 Å². The van der Waals surface area contributed by atoms with Crippen LogP contribution in [0.5, 0.6) is 0 Å². The molecule has 5 nitrogen and oxygen atoms in total. The Bertz CT molecular complexity index is 596. The van der Waals surface area contributed by atoms with Gasteiger partial charge in [-0.2, -0.15) is 25.3 Å². The molecule has 2 amide bonds. The molecule has 0 aliphatic heterocycles. The van der Waals surface area contributed by atoms with Crippen molar-refractivity contribution in [1.29, 1.82) is 0 Å². The van der Waals surface area contributed by atoms with E-state index in [2.05, 4.69) is 39.1 Å². The summed E-state index contributed by atoms with van der Waals surface area (Å²) in [5, 5.41) is 0. The van der Waals surface area contributed by atoms with Crippen molar-refractivity contribution in [1.82, 2.24) is 4.90 Å². The molecule has 4 saturated carbocycles. The maximum atomic E-state index is 13.4. The molecule has 27 heavy (non-hydrogen) atoms. The fourth-order valence-electron chi connectivity index (χ4n) is 7.20. The predicted octanol–water partition coefficient (Wildman–Crippen LogP) is 2.24. The van der Waals surface area contributed by atoms with E-state index >= 15 is 0 Å². The van der Waals surface area contributed by atoms with Crippen molar-refractivity contribution in [2.75, 3.05) is 18.1 Å². The Hall–Kier alpha value is -0.240. The van der Waals surface area contributed by atoms with Gasteiger partial charge in [-0.1, -0.05) is 13.8 Å². The number of carbonyl (C=O) groups excluding carboxylic acids is 2. The van der Waals surface area contributed by atoms with E-state index in [0.717, 1.165) is 19.3 Å². The van der Waals surface area contributed by atoms with Crippen LogP contribution in [0.25, 0.3) is 0 Å². The van der Waals surface area contributed by atoms with Crippen LogP contribution in [0.1, 0.15) is 58.8 Å². The zero-order valence-corrected chi connectivity index (χ0v) is 18.4. The van der Waals surface area contributed by atoms with Crippen LogP contribution in [0.3, 0.4) is 0 Å². The summed E-state index contributed by atoms with van der Waals surface area (Å²) in [7, 11) is 0. The summed E-state index contributed by atoms with van der Waals surface area (Å²) in [5.74, 6) is 0.946. The van der Waals surface area contributed by atoms with Crippen LogP contribution in [-0.2, 0) is 9.59 Å². The van der Waals surface area contributed by atoms with Crippen molar-refractivity contribution in [2.45, 2.75) is 70.9 Å². The first kappa shape index (κ1) is 21.5. The van der Waals surface area contributed by atoms with E-state index in [4.69, 9.17) is 11.5 Å². The van der Waals surface area contributed by atoms with Crippen LogP contribution in [-0.4, -0.2) is 46.8 Å². The molecular weight excluding hydrogens is 378 g/mol. The van der Waals surface area contributed by atoms with Gasteiger partial charge in [0.05, 0.1) is 12.1 Å². The maximum absolute atomic E-state index is 13.4. The molecule has 0 radical (unpaired) electrons. The lowest BCUT2D eigenvalue weighted by Crippen LogP contribution is -2.65. The summed E-state index contributed by atoms with van der Waals surface area (Å²) in [6, 6.07) is -1.36. The zero-order valence-electron chi connectivity index (χ0n) is 16.6. The molecular formula is C20H35N3O2S2. The highest BCUT2D eigenvalue weighted by molar-refractivity contribution is 7.80. The number of hydrogen-bond acceptors (Lipinski definition) is 6. The molecule has 4 N–H and O–H groups in total. The van der Waals surface area contributed by atoms with Crippen molar-refractivity contribution >= 4 is 37.1 Å². The highest BCUT2D eigenvalue weighted by Gasteiger charge is 2.63. The number of hydrogen-bond donors (Lipinski definition) is 4. The molecule has 4 aliphatic rings. The van der Waals surface area contributed by atoms with Gasteiger partial charge in [-0.25, -0.2) is 0 Å². The van der Waals surface area contributed by atoms with Gasteiger partial charge in [0.15, 0.2) is 0 Å². The van der Waals surface area contributed by atoms with Gasteiger partial charge in [0, 0.05) is 12.3 Å². The summed E-state index contributed by atoms with van der Waals surface area (Å²) in [4.78, 5) is 27.4. The van der Waals surface area contributed by atoms with E-state index < -0.39 is 12.1 Å². The number of imide groups is 1. The molecule has 4 fully saturated rings. The van der Waals surface area contributed by atoms with Crippen molar-refractivity contribution in [3.8, 4) is 0 Å². The second kappa shape index (κ2) is 7.54. The lowest BCUT2D eigenvalue weighted by Gasteiger charge is -2.66. The van der Waals surface area contributed by atoms with Gasteiger partial charge in [0.1, 0.15) is 0 Å². The normalized spacial score (nSPS) is 39.3. The molecule has 0 spiro atoms. The van der Waals surface area contributed by atoms with E-state index in [1.807, 2.05) is 0 Å². The number of carbonyl (C=O) groups is 2. The Balaban J connectivity index is 1.84. The second-order valence-corrected chi connectivity index (χ2v) is 11.0. The fraction of sp³-hybridized carbons (Fsp3) is 0.900. The Kier molecular flexibility index (Phi) is 6.00. The highest BCUT2D eigenvalue weighted by Crippen LogP contribution is 2.70. The monoisotopic (exact) mass is 413 g/mol. The summed E-state index contributed by atoms with van der Waals surface area (Å²) in [5.41, 5.74) is 13.0. The third-order valence-electron chi connectivity index (χ3n) is 7.21. The molecule has 0 aromatic carbocycles. The topological polar surface area (TPSA) is 89.4 Å². The van der Waals surface area contributed by atoms with Crippen LogP contribution in [0, 0.1) is 22.2 Å². The summed E-state index contributed by atoms with van der Waals surface area (Å²) < 4.78 is 0. The first-order valence-electron chi connectivity index (χ1n) is 10.2. The molecule has 0 saturated heterocycles. The van der Waals surface area contributed by atoms with Crippen LogP contribution in [0.2, 0.25) is 0 Å². The predicted molar refractivity (Wildman–Crippen MR) is 115 cm³/mol. The Morgan fingerprint density at radius 1 is 1.00 bits per heavy atom. The first-order valence-corrected chi connectivity index (χ1v) is 11.4. The van der Waals surface area contributed by atoms with Gasteiger partial charge in [-0.3, -0.25) is 14.5 Å². The minimum absolute atomic E-state index is 0.192. The van der Waals surface area contributed by atoms with E-state index in [-0.39, 0.29) is 34.6 Å². The van der Waals surface area contributed by atoms with Crippen molar-refractivity contribution < 1.29 is 9.59 Å². The molecule has 7 heteroatoms. The average molecular weight is 414 g/mol. The second-order valence-electron chi connectivity index (χ2n) is 10.1. The lowest BCUT2D eigenvalue weighted by molar-refractivity contribution is -0.169. The van der Waals surface area contributed by atoms with Gasteiger partial charge in [0.2, 0.25) is 11.8 Å². The van der Waals surface area contributed by atoms with Gasteiger partial charge in [-0.05, 0) is 72.9 Å². The molecule has 4 rings (SSSR count). The largest absolute Gasteiger partial charge is 0.320 e. The summed E-state index contributed by atoms with van der Waals surface area (Å²) in [6.45, 7) is 4.98. The lowest BCUT2D eigenvalue weighted by atomic mass is 9.39. The molecule has 4 aliphatic carbocycles. The minimum Gasteiger partial charge on any atom is -0.320 e. The molecule has 4 atom stereocenters. The number of thiol groups is 2. The smallest absolute Gasteiger partial charge is 0.246 e. The molecule has 0 aromatic rings. The fourth-order valence-corrected chi connectivity index (χ4v) is 7.68. The Morgan fingerprint density at radius 2 is 1.59 bits per heavy atom. The van der Waals surface area contributed by atoms with Gasteiger partial charge in [-0.15, -0.1) is 0 Å². The van der Waals surface area contributed by atoms with Gasteiger partial charge >= 0.3 is 0 Å². The third-order valence-corrected chi connectivity index (χ3v) is 7.67. The van der Waals surface area contributed by atoms with Crippen LogP contribution in [0.15, 0.2) is 0 Å². The maximum Gasteiger partial charge on any atom is 0.246 e. The summed E-state index contributed by atoms with van der Waals surface area (Å²) >= 11 is 8.39. The quantitative estimate of drug-likeness (QED) is 0.482. The molecule has 4 unspecified atom stereocenters. The first-order chi connectivity index (χ1) is 12.6. The third kappa shape index (κ3) is 3.94. The molecule has 4 bridgehead atoms. The number of nitrogens with zero attached hydrogens (tertiary/aromatic N) is 1.